The molecule has 1 aromatic rings. The van der Waals surface area contributed by atoms with Crippen LogP contribution in [0, 0.1) is 0 Å². The van der Waals surface area contributed by atoms with E-state index in [1.54, 1.807) is 6.07 Å². The molecule has 0 atom stereocenters. The summed E-state index contributed by atoms with van der Waals surface area (Å²) in [6, 6.07) is 4.71. The van der Waals surface area contributed by atoms with Crippen molar-refractivity contribution in [3.63, 3.8) is 0 Å². The molecule has 0 bridgehead atoms. The molecule has 3 nitrogen and oxygen atoms in total. The molecule has 1 aromatic carbocycles. The molecule has 12 heavy (non-hydrogen) atoms. The van der Waals surface area contributed by atoms with Crippen molar-refractivity contribution in [1.29, 1.82) is 0 Å². The van der Waals surface area contributed by atoms with E-state index in [0.29, 0.717) is 13.0 Å². The number of aromatic hydroxyl groups is 2. The first-order valence-corrected chi connectivity index (χ1v) is 3.45. The Labute approximate surface area is 91.4 Å². The molecule has 0 spiro atoms. The first kappa shape index (κ1) is 11.7. The van der Waals surface area contributed by atoms with Crippen molar-refractivity contribution in [2.45, 2.75) is 6.42 Å². The summed E-state index contributed by atoms with van der Waals surface area (Å²) in [5.74, 6) is -0.179. The number of phenols is 2. The number of hydrogen-bond acceptors (Lipinski definition) is 3. The quantitative estimate of drug-likeness (QED) is 0.499. The minimum absolute atomic E-state index is 0. The van der Waals surface area contributed by atoms with Crippen LogP contribution in [0.2, 0.25) is 0 Å². The predicted octanol–water partition coefficient (Wildman–Crippen LogP) is -0.317. The number of benzene rings is 1. The van der Waals surface area contributed by atoms with Gasteiger partial charge in [-0.25, -0.2) is 0 Å². The summed E-state index contributed by atoms with van der Waals surface area (Å²) in [6.07, 6.45) is 0.716. The van der Waals surface area contributed by atoms with Gasteiger partial charge in [0.25, 0.3) is 0 Å². The number of hydrogen-bond donors (Lipinski definition) is 3. The van der Waals surface area contributed by atoms with E-state index < -0.39 is 0 Å². The summed E-state index contributed by atoms with van der Waals surface area (Å²) in [5.41, 5.74) is 6.24. The molecule has 0 amide bonds. The van der Waals surface area contributed by atoms with Gasteiger partial charge in [-0.3, -0.25) is 0 Å². The normalized spacial score (nSPS) is 9.08. The molecule has 4 N–H and O–H groups in total. The molecular formula is C8H13NO2Pb. The average Bonchev–Trinajstić information content (AvgIpc) is 1.98. The second-order valence-corrected chi connectivity index (χ2v) is 2.36. The zero-order valence-corrected chi connectivity index (χ0v) is 12.3. The van der Waals surface area contributed by atoms with Crippen LogP contribution in [-0.4, -0.2) is 44.1 Å². The van der Waals surface area contributed by atoms with E-state index in [1.807, 2.05) is 0 Å². The number of rotatable bonds is 2. The zero-order valence-electron chi connectivity index (χ0n) is 6.83. The summed E-state index contributed by atoms with van der Waals surface area (Å²) in [6.45, 7) is 0.546. The predicted molar refractivity (Wildman–Crippen MR) is 51.1 cm³/mol. The van der Waals surface area contributed by atoms with Crippen molar-refractivity contribution in [3.8, 4) is 11.5 Å². The van der Waals surface area contributed by atoms with Gasteiger partial charge in [-0.2, -0.15) is 0 Å². The fourth-order valence-corrected chi connectivity index (χ4v) is 0.891. The van der Waals surface area contributed by atoms with E-state index in [-0.39, 0.29) is 38.8 Å². The Morgan fingerprint density at radius 3 is 2.33 bits per heavy atom. The van der Waals surface area contributed by atoms with Gasteiger partial charge >= 0.3 is 27.3 Å². The third kappa shape index (κ3) is 2.98. The minimum atomic E-state index is -0.0919. The Morgan fingerprint density at radius 2 is 1.83 bits per heavy atom. The van der Waals surface area contributed by atoms with Gasteiger partial charge in [0.2, 0.25) is 0 Å². The van der Waals surface area contributed by atoms with E-state index in [1.165, 1.54) is 12.1 Å². The molecule has 0 aliphatic rings. The van der Waals surface area contributed by atoms with Gasteiger partial charge in [0.05, 0.1) is 0 Å². The Balaban J connectivity index is 0.00000121. The second-order valence-electron chi connectivity index (χ2n) is 2.36. The van der Waals surface area contributed by atoms with Gasteiger partial charge in [0, 0.05) is 0 Å². The topological polar surface area (TPSA) is 66.5 Å². The van der Waals surface area contributed by atoms with Crippen molar-refractivity contribution >= 4 is 27.3 Å². The van der Waals surface area contributed by atoms with Crippen LogP contribution in [0.5, 0.6) is 11.5 Å². The molecule has 0 unspecified atom stereocenters. The third-order valence-electron chi connectivity index (χ3n) is 1.47. The SMILES string of the molecule is NCCc1ccc(O)c(O)c1.[PbH2]. The fourth-order valence-electron chi connectivity index (χ4n) is 0.891. The summed E-state index contributed by atoms with van der Waals surface area (Å²) >= 11 is 0. The van der Waals surface area contributed by atoms with Crippen LogP contribution in [0.3, 0.4) is 0 Å². The molecule has 1 rings (SSSR count). The standard InChI is InChI=1S/C8H11NO2.Pb.2H/c9-4-3-6-1-2-7(10)8(11)5-6;;;/h1-2,5,10-11H,3-4,9H2;;;. The van der Waals surface area contributed by atoms with Crippen LogP contribution in [-0.2, 0) is 6.42 Å². The van der Waals surface area contributed by atoms with Crippen LogP contribution in [0.4, 0.5) is 0 Å². The molecule has 0 saturated heterocycles. The summed E-state index contributed by atoms with van der Waals surface area (Å²) in [7, 11) is 0. The summed E-state index contributed by atoms with van der Waals surface area (Å²) in [4.78, 5) is 0. The second kappa shape index (κ2) is 5.37. The molecule has 0 saturated carbocycles. The molecule has 0 aromatic heterocycles. The molecular weight excluding hydrogens is 349 g/mol. The first-order valence-electron chi connectivity index (χ1n) is 3.45. The third-order valence-corrected chi connectivity index (χ3v) is 1.47. The zero-order chi connectivity index (χ0) is 8.27. The number of phenolic OH excluding ortho intramolecular Hbond substituents is 2. The van der Waals surface area contributed by atoms with E-state index in [2.05, 4.69) is 0 Å². The number of nitrogens with two attached hydrogens (primary N) is 1. The molecule has 0 fully saturated rings. The van der Waals surface area contributed by atoms with Gasteiger partial charge in [-0.05, 0) is 30.7 Å². The molecule has 66 valence electrons. The monoisotopic (exact) mass is 363 g/mol. The van der Waals surface area contributed by atoms with Crippen molar-refractivity contribution < 1.29 is 10.2 Å². The maximum atomic E-state index is 9.04. The van der Waals surface area contributed by atoms with Gasteiger partial charge in [-0.15, -0.1) is 0 Å². The molecule has 0 heterocycles. The van der Waals surface area contributed by atoms with Crippen molar-refractivity contribution in [3.05, 3.63) is 23.8 Å². The van der Waals surface area contributed by atoms with Gasteiger partial charge in [0.1, 0.15) is 0 Å². The summed E-state index contributed by atoms with van der Waals surface area (Å²) in [5, 5.41) is 18.0. The molecule has 4 heteroatoms. The van der Waals surface area contributed by atoms with Gasteiger partial charge < -0.3 is 15.9 Å². The van der Waals surface area contributed by atoms with Crippen molar-refractivity contribution in [1.82, 2.24) is 0 Å². The Morgan fingerprint density at radius 1 is 1.17 bits per heavy atom. The Bertz CT molecular complexity index is 253. The Hall–Kier alpha value is -0.298. The molecule has 0 aliphatic heterocycles. The summed E-state index contributed by atoms with van der Waals surface area (Å²) < 4.78 is 0. The van der Waals surface area contributed by atoms with Crippen LogP contribution in [0.15, 0.2) is 18.2 Å². The van der Waals surface area contributed by atoms with Gasteiger partial charge in [-0.1, -0.05) is 6.07 Å². The van der Waals surface area contributed by atoms with E-state index in [0.717, 1.165) is 5.56 Å². The average molecular weight is 362 g/mol. The van der Waals surface area contributed by atoms with Crippen LogP contribution < -0.4 is 5.73 Å². The van der Waals surface area contributed by atoms with Crippen molar-refractivity contribution in [2.24, 2.45) is 5.73 Å². The van der Waals surface area contributed by atoms with Crippen LogP contribution in [0.25, 0.3) is 0 Å². The fraction of sp³-hybridized carbons (Fsp3) is 0.250. The van der Waals surface area contributed by atoms with E-state index in [4.69, 9.17) is 15.9 Å². The molecule has 2 radical (unpaired) electrons. The van der Waals surface area contributed by atoms with Crippen molar-refractivity contribution in [2.75, 3.05) is 6.54 Å². The van der Waals surface area contributed by atoms with E-state index in [9.17, 15) is 0 Å². The van der Waals surface area contributed by atoms with Crippen LogP contribution in [0.1, 0.15) is 5.56 Å². The first-order chi connectivity index (χ1) is 5.24. The van der Waals surface area contributed by atoms with Gasteiger partial charge in [0.15, 0.2) is 11.5 Å². The Kier molecular flexibility index (Phi) is 5.23. The molecule has 0 aliphatic carbocycles. The van der Waals surface area contributed by atoms with E-state index >= 15 is 0 Å². The van der Waals surface area contributed by atoms with Crippen LogP contribution >= 0.6 is 0 Å². The maximum absolute atomic E-state index is 9.04.